The molecular weight excluding hydrogens is 222 g/mol. The zero-order chi connectivity index (χ0) is 12.5. The van der Waals surface area contributed by atoms with Gasteiger partial charge in [0.05, 0.1) is 5.92 Å². The molecule has 1 nitrogen and oxygen atoms in total. The van der Waals surface area contributed by atoms with Crippen molar-refractivity contribution in [2.75, 3.05) is 0 Å². The molecule has 0 saturated carbocycles. The minimum absolute atomic E-state index is 0.203. The molecule has 1 aliphatic rings. The first-order valence-corrected chi connectivity index (χ1v) is 9.83. The average molecular weight is 243 g/mol. The summed E-state index contributed by atoms with van der Waals surface area (Å²) in [6.07, 6.45) is 2.16. The highest BCUT2D eigenvalue weighted by molar-refractivity contribution is 6.83. The smallest absolute Gasteiger partial charge is 0.129 e. The van der Waals surface area contributed by atoms with Crippen LogP contribution in [0.5, 0.6) is 0 Å². The predicted molar refractivity (Wildman–Crippen MR) is 76.6 cm³/mol. The lowest BCUT2D eigenvalue weighted by atomic mass is 9.80. The van der Waals surface area contributed by atoms with Crippen molar-refractivity contribution in [3.8, 4) is 11.5 Å². The first-order valence-electron chi connectivity index (χ1n) is 6.33. The van der Waals surface area contributed by atoms with E-state index >= 15 is 0 Å². The second-order valence-corrected chi connectivity index (χ2v) is 10.6. The zero-order valence-electron chi connectivity index (χ0n) is 11.0. The van der Waals surface area contributed by atoms with E-state index in [9.17, 15) is 0 Å². The number of hydrogen-bond donors (Lipinski definition) is 1. The molecule has 0 radical (unpaired) electrons. The Hall–Kier alpha value is -1.04. The van der Waals surface area contributed by atoms with Crippen LogP contribution in [0.2, 0.25) is 19.6 Å². The molecule has 0 spiro atoms. The highest BCUT2D eigenvalue weighted by atomic mass is 28.3. The standard InChI is InChI=1S/C15H21NSi/c1-17(2,3)11-10-14-13-7-5-4-6-12(13)8-9-15(14)16/h4-7,14-15H,8-9,16H2,1-3H3/t14-,15-/m0/s1. The largest absolute Gasteiger partial charge is 0.326 e. The fourth-order valence-corrected chi connectivity index (χ4v) is 2.85. The van der Waals surface area contributed by atoms with Gasteiger partial charge >= 0.3 is 0 Å². The molecule has 90 valence electrons. The van der Waals surface area contributed by atoms with Crippen LogP contribution in [0, 0.1) is 11.5 Å². The molecule has 0 amide bonds. The van der Waals surface area contributed by atoms with Crippen molar-refractivity contribution in [3.63, 3.8) is 0 Å². The molecular formula is C15H21NSi. The molecule has 0 aromatic heterocycles. The van der Waals surface area contributed by atoms with Gasteiger partial charge in [0.25, 0.3) is 0 Å². The van der Waals surface area contributed by atoms with Crippen molar-refractivity contribution in [1.82, 2.24) is 0 Å². The van der Waals surface area contributed by atoms with Gasteiger partial charge in [0.2, 0.25) is 0 Å². The third-order valence-electron chi connectivity index (χ3n) is 3.17. The Kier molecular flexibility index (Phi) is 3.42. The van der Waals surface area contributed by atoms with Crippen LogP contribution in [0.4, 0.5) is 0 Å². The minimum Gasteiger partial charge on any atom is -0.326 e. The summed E-state index contributed by atoms with van der Waals surface area (Å²) in [6, 6.07) is 8.81. The Bertz CT molecular complexity index is 462. The van der Waals surface area contributed by atoms with E-state index in [1.165, 1.54) is 11.1 Å². The number of rotatable bonds is 0. The first-order chi connectivity index (χ1) is 7.97. The fourth-order valence-electron chi connectivity index (χ4n) is 2.26. The lowest BCUT2D eigenvalue weighted by Gasteiger charge is -2.27. The highest BCUT2D eigenvalue weighted by Gasteiger charge is 2.25. The molecule has 1 aromatic rings. The van der Waals surface area contributed by atoms with E-state index in [0.29, 0.717) is 0 Å². The van der Waals surface area contributed by atoms with Crippen molar-refractivity contribution in [3.05, 3.63) is 35.4 Å². The maximum atomic E-state index is 6.24. The van der Waals surface area contributed by atoms with Gasteiger partial charge < -0.3 is 5.73 Å². The number of nitrogens with two attached hydrogens (primary N) is 1. The molecule has 0 saturated heterocycles. The van der Waals surface area contributed by atoms with E-state index in [1.807, 2.05) is 0 Å². The van der Waals surface area contributed by atoms with Crippen molar-refractivity contribution in [1.29, 1.82) is 0 Å². The van der Waals surface area contributed by atoms with E-state index < -0.39 is 8.07 Å². The van der Waals surface area contributed by atoms with Crippen LogP contribution < -0.4 is 5.73 Å². The van der Waals surface area contributed by atoms with Gasteiger partial charge in [-0.1, -0.05) is 43.9 Å². The van der Waals surface area contributed by atoms with Crippen LogP contribution in [0.15, 0.2) is 24.3 Å². The average Bonchev–Trinajstić information content (AvgIpc) is 2.26. The molecule has 0 aliphatic heterocycles. The van der Waals surface area contributed by atoms with Gasteiger partial charge in [0.1, 0.15) is 8.07 Å². The minimum atomic E-state index is -1.31. The van der Waals surface area contributed by atoms with Crippen molar-refractivity contribution < 1.29 is 0 Å². The van der Waals surface area contributed by atoms with Gasteiger partial charge in [-0.25, -0.2) is 0 Å². The molecule has 0 fully saturated rings. The van der Waals surface area contributed by atoms with E-state index in [0.717, 1.165) is 12.8 Å². The van der Waals surface area contributed by atoms with Gasteiger partial charge in [-0.15, -0.1) is 11.5 Å². The maximum absolute atomic E-state index is 6.24. The highest BCUT2D eigenvalue weighted by Crippen LogP contribution is 2.30. The summed E-state index contributed by atoms with van der Waals surface area (Å²) in [5.74, 6) is 3.70. The Balaban J connectivity index is 2.36. The van der Waals surface area contributed by atoms with Crippen LogP contribution in [0.1, 0.15) is 23.5 Å². The van der Waals surface area contributed by atoms with Crippen molar-refractivity contribution >= 4 is 8.07 Å². The summed E-state index contributed by atoms with van der Waals surface area (Å²) < 4.78 is 0. The summed E-state index contributed by atoms with van der Waals surface area (Å²) >= 11 is 0. The number of hydrogen-bond acceptors (Lipinski definition) is 1. The SMILES string of the molecule is C[Si](C)(C)C#C[C@H]1c2ccccc2CC[C@@H]1N. The Morgan fingerprint density at radius 1 is 1.24 bits per heavy atom. The summed E-state index contributed by atoms with van der Waals surface area (Å²) in [5, 5.41) is 0. The number of fused-ring (bicyclic) bond motifs is 1. The molecule has 2 N–H and O–H groups in total. The molecule has 0 unspecified atom stereocenters. The molecule has 0 bridgehead atoms. The van der Waals surface area contributed by atoms with Gasteiger partial charge in [-0.3, -0.25) is 0 Å². The summed E-state index contributed by atoms with van der Waals surface area (Å²) in [5.41, 5.74) is 12.5. The van der Waals surface area contributed by atoms with Crippen molar-refractivity contribution in [2.45, 2.75) is 44.4 Å². The molecule has 2 rings (SSSR count). The zero-order valence-corrected chi connectivity index (χ0v) is 12.0. The third-order valence-corrected chi connectivity index (χ3v) is 4.06. The van der Waals surface area contributed by atoms with E-state index in [4.69, 9.17) is 5.73 Å². The van der Waals surface area contributed by atoms with Crippen LogP contribution >= 0.6 is 0 Å². The number of benzene rings is 1. The van der Waals surface area contributed by atoms with Gasteiger partial charge in [-0.2, -0.15) is 0 Å². The Morgan fingerprint density at radius 3 is 2.65 bits per heavy atom. The lowest BCUT2D eigenvalue weighted by Crippen LogP contribution is -2.32. The topological polar surface area (TPSA) is 26.0 Å². The van der Waals surface area contributed by atoms with Gasteiger partial charge in [-0.05, 0) is 24.0 Å². The maximum Gasteiger partial charge on any atom is 0.129 e. The van der Waals surface area contributed by atoms with Gasteiger partial charge in [0, 0.05) is 6.04 Å². The van der Waals surface area contributed by atoms with E-state index in [1.54, 1.807) is 0 Å². The molecule has 2 atom stereocenters. The monoisotopic (exact) mass is 243 g/mol. The van der Waals surface area contributed by atoms with E-state index in [-0.39, 0.29) is 12.0 Å². The van der Waals surface area contributed by atoms with E-state index in [2.05, 4.69) is 55.4 Å². The fraction of sp³-hybridized carbons (Fsp3) is 0.467. The first kappa shape index (κ1) is 12.4. The summed E-state index contributed by atoms with van der Waals surface area (Å²) in [4.78, 5) is 0. The van der Waals surface area contributed by atoms with Crippen LogP contribution in [-0.2, 0) is 6.42 Å². The summed E-state index contributed by atoms with van der Waals surface area (Å²) in [7, 11) is -1.31. The van der Waals surface area contributed by atoms with Crippen LogP contribution in [-0.4, -0.2) is 14.1 Å². The quantitative estimate of drug-likeness (QED) is 0.550. The molecule has 1 aromatic carbocycles. The molecule has 2 heteroatoms. The second-order valence-electron chi connectivity index (χ2n) is 5.90. The van der Waals surface area contributed by atoms with Crippen LogP contribution in [0.3, 0.4) is 0 Å². The van der Waals surface area contributed by atoms with Crippen molar-refractivity contribution in [2.24, 2.45) is 5.73 Å². The predicted octanol–water partition coefficient (Wildman–Crippen LogP) is 2.92. The Labute approximate surface area is 105 Å². The second kappa shape index (κ2) is 4.68. The Morgan fingerprint density at radius 2 is 1.94 bits per heavy atom. The summed E-state index contributed by atoms with van der Waals surface area (Å²) in [6.45, 7) is 6.83. The number of aryl methyl sites for hydroxylation is 1. The molecule has 1 aliphatic carbocycles. The lowest BCUT2D eigenvalue weighted by molar-refractivity contribution is 0.538. The molecule has 0 heterocycles. The molecule has 17 heavy (non-hydrogen) atoms. The normalized spacial score (nSPS) is 23.5. The van der Waals surface area contributed by atoms with Crippen LogP contribution in [0.25, 0.3) is 0 Å². The van der Waals surface area contributed by atoms with Gasteiger partial charge in [0.15, 0.2) is 0 Å². The third kappa shape index (κ3) is 2.99.